The van der Waals surface area contributed by atoms with Crippen LogP contribution in [0.25, 0.3) is 5.69 Å². The highest BCUT2D eigenvalue weighted by molar-refractivity contribution is 5.85. The number of morpholine rings is 1. The van der Waals surface area contributed by atoms with Gasteiger partial charge in [-0.3, -0.25) is 4.79 Å². The second-order valence-electron chi connectivity index (χ2n) is 7.33. The number of benzene rings is 1. The number of nitrogens with zero attached hydrogens (tertiary/aromatic N) is 3. The molecule has 1 amide bonds. The first kappa shape index (κ1) is 21.5. The third-order valence-electron chi connectivity index (χ3n) is 5.58. The maximum absolute atomic E-state index is 11.8. The highest BCUT2D eigenvalue weighted by Gasteiger charge is 2.36. The smallest absolute Gasteiger partial charge is 0.227 e. The van der Waals surface area contributed by atoms with Crippen LogP contribution in [0.5, 0.6) is 5.75 Å². The number of halogens is 1. The molecule has 1 aromatic heterocycles. The molecule has 0 spiro atoms. The van der Waals surface area contributed by atoms with E-state index in [9.17, 15) is 4.79 Å². The fourth-order valence-electron chi connectivity index (χ4n) is 4.10. The van der Waals surface area contributed by atoms with Crippen LogP contribution in [0.2, 0.25) is 0 Å². The first-order valence-electron chi connectivity index (χ1n) is 9.83. The number of rotatable bonds is 5. The molecule has 1 aliphatic carbocycles. The lowest BCUT2D eigenvalue weighted by atomic mass is 9.82. The van der Waals surface area contributed by atoms with Crippen LogP contribution in [0.4, 0.5) is 0 Å². The van der Waals surface area contributed by atoms with E-state index < -0.39 is 0 Å². The fraction of sp³-hybridized carbons (Fsp3) is 0.550. The minimum absolute atomic E-state index is 0. The Hall–Kier alpha value is -2.16. The minimum Gasteiger partial charge on any atom is -0.497 e. The molecule has 2 aromatic rings. The van der Waals surface area contributed by atoms with Gasteiger partial charge in [0, 0.05) is 25.6 Å². The van der Waals surface area contributed by atoms with Crippen LogP contribution >= 0.6 is 12.4 Å². The van der Waals surface area contributed by atoms with Crippen LogP contribution in [0.15, 0.2) is 24.3 Å². The molecule has 3 atom stereocenters. The third kappa shape index (κ3) is 4.71. The van der Waals surface area contributed by atoms with Crippen molar-refractivity contribution in [2.75, 3.05) is 27.3 Å². The number of methoxy groups -OCH3 is 1. The monoisotopic (exact) mass is 421 g/mol. The van der Waals surface area contributed by atoms with Crippen LogP contribution in [-0.2, 0) is 16.0 Å². The number of hydrogen-bond donors (Lipinski definition) is 2. The largest absolute Gasteiger partial charge is 0.497 e. The van der Waals surface area contributed by atoms with Gasteiger partial charge < -0.3 is 20.1 Å². The lowest BCUT2D eigenvalue weighted by Gasteiger charge is -2.39. The van der Waals surface area contributed by atoms with Crippen LogP contribution in [0.3, 0.4) is 0 Å². The lowest BCUT2D eigenvalue weighted by molar-refractivity contribution is -0.120. The summed E-state index contributed by atoms with van der Waals surface area (Å²) in [6, 6.07) is 8.10. The first-order chi connectivity index (χ1) is 13.7. The molecule has 1 aliphatic heterocycles. The molecular weight excluding hydrogens is 394 g/mol. The van der Waals surface area contributed by atoms with E-state index in [1.807, 2.05) is 28.9 Å². The molecule has 8 nitrogen and oxygen atoms in total. The van der Waals surface area contributed by atoms with Crippen molar-refractivity contribution >= 4 is 18.3 Å². The van der Waals surface area contributed by atoms with Crippen LogP contribution in [0.1, 0.15) is 36.8 Å². The number of fused-ring (bicyclic) bond motifs is 1. The number of hydrogen-bond acceptors (Lipinski definition) is 6. The zero-order chi connectivity index (χ0) is 19.5. The summed E-state index contributed by atoms with van der Waals surface area (Å²) in [6.45, 7) is 1.67. The number of nitrogens with one attached hydrogen (secondary N) is 2. The summed E-state index contributed by atoms with van der Waals surface area (Å²) in [7, 11) is 3.27. The Morgan fingerprint density at radius 3 is 2.86 bits per heavy atom. The van der Waals surface area contributed by atoms with E-state index in [0.29, 0.717) is 11.9 Å². The molecule has 0 radical (unpaired) electrons. The molecule has 2 heterocycles. The van der Waals surface area contributed by atoms with E-state index in [1.165, 1.54) is 0 Å². The van der Waals surface area contributed by atoms with Crippen molar-refractivity contribution in [3.05, 3.63) is 35.9 Å². The molecule has 158 valence electrons. The quantitative estimate of drug-likeness (QED) is 0.762. The van der Waals surface area contributed by atoms with Gasteiger partial charge in [0.25, 0.3) is 0 Å². The van der Waals surface area contributed by atoms with Gasteiger partial charge in [0.1, 0.15) is 11.6 Å². The highest BCUT2D eigenvalue weighted by Crippen LogP contribution is 2.35. The third-order valence-corrected chi connectivity index (χ3v) is 5.58. The first-order valence-corrected chi connectivity index (χ1v) is 9.83. The van der Waals surface area contributed by atoms with E-state index >= 15 is 0 Å². The van der Waals surface area contributed by atoms with Gasteiger partial charge in [-0.05, 0) is 43.5 Å². The molecule has 2 aliphatic rings. The van der Waals surface area contributed by atoms with Crippen molar-refractivity contribution in [2.45, 2.75) is 43.7 Å². The van der Waals surface area contributed by atoms with E-state index in [2.05, 4.69) is 15.7 Å². The van der Waals surface area contributed by atoms with Gasteiger partial charge in [-0.25, -0.2) is 9.67 Å². The van der Waals surface area contributed by atoms with Crippen molar-refractivity contribution in [3.8, 4) is 11.4 Å². The van der Waals surface area contributed by atoms with E-state index in [1.54, 1.807) is 14.2 Å². The maximum Gasteiger partial charge on any atom is 0.227 e. The number of carbonyl (C=O) groups excluding carboxylic acids is 1. The molecule has 2 N–H and O–H groups in total. The standard InChI is InChI=1S/C20H27N5O3.ClH/c1-21-19(26)12-18-23-20(13-3-8-17-16(11-13)22-9-10-28-17)25(24-18)14-4-6-15(27-2)7-5-14;/h4-7,13,16-17,22H,3,8-12H2,1-2H3,(H,21,26);1H/t13-,16+,17+;/m0./s1. The summed E-state index contributed by atoms with van der Waals surface area (Å²) in [5, 5.41) is 10.9. The Bertz CT molecular complexity index is 826. The number of likely N-dealkylation sites (N-methyl/N-ethyl adjacent to an activating group) is 1. The van der Waals surface area contributed by atoms with E-state index in [-0.39, 0.29) is 36.8 Å². The lowest BCUT2D eigenvalue weighted by Crippen LogP contribution is -2.51. The molecule has 29 heavy (non-hydrogen) atoms. The summed E-state index contributed by atoms with van der Waals surface area (Å²) >= 11 is 0. The predicted octanol–water partition coefficient (Wildman–Crippen LogP) is 1.61. The zero-order valence-electron chi connectivity index (χ0n) is 16.8. The molecule has 1 saturated heterocycles. The van der Waals surface area contributed by atoms with Crippen LogP contribution < -0.4 is 15.4 Å². The Kier molecular flexibility index (Phi) is 7.10. The molecule has 1 aromatic carbocycles. The summed E-state index contributed by atoms with van der Waals surface area (Å²) in [6.07, 6.45) is 3.42. The van der Waals surface area contributed by atoms with Crippen molar-refractivity contribution in [2.24, 2.45) is 0 Å². The highest BCUT2D eigenvalue weighted by atomic mass is 35.5. The van der Waals surface area contributed by atoms with Gasteiger partial charge >= 0.3 is 0 Å². The number of carbonyl (C=O) groups is 1. The topological polar surface area (TPSA) is 90.3 Å². The molecule has 9 heteroatoms. The summed E-state index contributed by atoms with van der Waals surface area (Å²) in [5.41, 5.74) is 0.918. The number of aromatic nitrogens is 3. The molecule has 1 saturated carbocycles. The van der Waals surface area contributed by atoms with Gasteiger partial charge in [-0.1, -0.05) is 0 Å². The van der Waals surface area contributed by atoms with E-state index in [4.69, 9.17) is 14.5 Å². The fourth-order valence-corrected chi connectivity index (χ4v) is 4.10. The zero-order valence-corrected chi connectivity index (χ0v) is 17.6. The SMILES string of the molecule is CNC(=O)Cc1nc([C@H]2CC[C@H]3OCCN[C@@H]3C2)n(-c2ccc(OC)cc2)n1.Cl. The Morgan fingerprint density at radius 2 is 2.14 bits per heavy atom. The molecule has 2 fully saturated rings. The number of ether oxygens (including phenoxy) is 2. The molecule has 0 bridgehead atoms. The second-order valence-corrected chi connectivity index (χ2v) is 7.33. The average molecular weight is 422 g/mol. The normalized spacial score (nSPS) is 23.6. The molecular formula is C20H28ClN5O3. The van der Waals surface area contributed by atoms with Gasteiger partial charge in [-0.15, -0.1) is 12.4 Å². The Morgan fingerprint density at radius 1 is 1.34 bits per heavy atom. The second kappa shape index (κ2) is 9.56. The summed E-state index contributed by atoms with van der Waals surface area (Å²) in [5.74, 6) is 2.42. The Labute approximate surface area is 176 Å². The van der Waals surface area contributed by atoms with Crippen molar-refractivity contribution in [3.63, 3.8) is 0 Å². The molecule has 4 rings (SSSR count). The van der Waals surface area contributed by atoms with E-state index in [0.717, 1.165) is 49.7 Å². The number of amides is 1. The summed E-state index contributed by atoms with van der Waals surface area (Å²) < 4.78 is 13.1. The van der Waals surface area contributed by atoms with Crippen molar-refractivity contribution < 1.29 is 14.3 Å². The molecule has 0 unspecified atom stereocenters. The Balaban J connectivity index is 0.00000240. The van der Waals surface area contributed by atoms with Crippen LogP contribution in [0, 0.1) is 0 Å². The van der Waals surface area contributed by atoms with Crippen LogP contribution in [-0.4, -0.2) is 60.1 Å². The van der Waals surface area contributed by atoms with Crippen molar-refractivity contribution in [1.82, 2.24) is 25.4 Å². The summed E-state index contributed by atoms with van der Waals surface area (Å²) in [4.78, 5) is 16.6. The minimum atomic E-state index is -0.0931. The van der Waals surface area contributed by atoms with Gasteiger partial charge in [-0.2, -0.15) is 5.10 Å². The maximum atomic E-state index is 11.8. The van der Waals surface area contributed by atoms with Gasteiger partial charge in [0.05, 0.1) is 31.9 Å². The van der Waals surface area contributed by atoms with Gasteiger partial charge in [0.15, 0.2) is 5.82 Å². The average Bonchev–Trinajstić information content (AvgIpc) is 3.17. The van der Waals surface area contributed by atoms with Gasteiger partial charge in [0.2, 0.25) is 5.91 Å². The predicted molar refractivity (Wildman–Crippen MR) is 111 cm³/mol. The van der Waals surface area contributed by atoms with Crippen molar-refractivity contribution in [1.29, 1.82) is 0 Å².